The SMILES string of the molecule is NCC1(C(=O)O)CC1c1cccc(O)c1. The van der Waals surface area contributed by atoms with Crippen LogP contribution in [-0.4, -0.2) is 22.7 Å². The number of nitrogens with two attached hydrogens (primary N) is 1. The molecule has 0 saturated heterocycles. The van der Waals surface area contributed by atoms with E-state index in [-0.39, 0.29) is 18.2 Å². The van der Waals surface area contributed by atoms with E-state index >= 15 is 0 Å². The first-order chi connectivity index (χ1) is 7.10. The summed E-state index contributed by atoms with van der Waals surface area (Å²) in [5.41, 5.74) is 5.53. The van der Waals surface area contributed by atoms with E-state index in [9.17, 15) is 9.90 Å². The van der Waals surface area contributed by atoms with Crippen LogP contribution in [0.3, 0.4) is 0 Å². The molecule has 1 fully saturated rings. The number of benzene rings is 1. The minimum Gasteiger partial charge on any atom is -0.508 e. The molecule has 15 heavy (non-hydrogen) atoms. The summed E-state index contributed by atoms with van der Waals surface area (Å²) in [6.07, 6.45) is 0.558. The van der Waals surface area contributed by atoms with Gasteiger partial charge >= 0.3 is 5.97 Å². The van der Waals surface area contributed by atoms with Crippen LogP contribution in [0.25, 0.3) is 0 Å². The molecule has 0 radical (unpaired) electrons. The second kappa shape index (κ2) is 3.24. The predicted molar refractivity (Wildman–Crippen MR) is 54.6 cm³/mol. The number of hydrogen-bond acceptors (Lipinski definition) is 3. The number of aliphatic carboxylic acids is 1. The zero-order chi connectivity index (χ0) is 11.1. The number of hydrogen-bond donors (Lipinski definition) is 3. The quantitative estimate of drug-likeness (QED) is 0.687. The summed E-state index contributed by atoms with van der Waals surface area (Å²) in [6, 6.07) is 6.71. The van der Waals surface area contributed by atoms with Gasteiger partial charge in [0.1, 0.15) is 5.75 Å². The van der Waals surface area contributed by atoms with Gasteiger partial charge in [-0.05, 0) is 24.1 Å². The summed E-state index contributed by atoms with van der Waals surface area (Å²) in [6.45, 7) is 0.142. The van der Waals surface area contributed by atoms with Gasteiger partial charge in [0.25, 0.3) is 0 Å². The molecular weight excluding hydrogens is 194 g/mol. The summed E-state index contributed by atoms with van der Waals surface area (Å²) in [5, 5.41) is 18.4. The highest BCUT2D eigenvalue weighted by atomic mass is 16.4. The highest BCUT2D eigenvalue weighted by molar-refractivity contribution is 5.81. The maximum absolute atomic E-state index is 11.0. The van der Waals surface area contributed by atoms with Gasteiger partial charge in [-0.1, -0.05) is 12.1 Å². The van der Waals surface area contributed by atoms with Gasteiger partial charge in [0.05, 0.1) is 5.41 Å². The van der Waals surface area contributed by atoms with Crippen molar-refractivity contribution in [2.24, 2.45) is 11.1 Å². The van der Waals surface area contributed by atoms with E-state index in [1.54, 1.807) is 18.2 Å². The lowest BCUT2D eigenvalue weighted by Crippen LogP contribution is -2.26. The molecule has 1 saturated carbocycles. The van der Waals surface area contributed by atoms with Gasteiger partial charge < -0.3 is 15.9 Å². The van der Waals surface area contributed by atoms with Crippen LogP contribution < -0.4 is 5.73 Å². The smallest absolute Gasteiger partial charge is 0.311 e. The van der Waals surface area contributed by atoms with Crippen molar-refractivity contribution in [2.45, 2.75) is 12.3 Å². The average molecular weight is 207 g/mol. The second-order valence-electron chi connectivity index (χ2n) is 4.02. The van der Waals surface area contributed by atoms with Crippen molar-refractivity contribution in [3.8, 4) is 5.75 Å². The zero-order valence-corrected chi connectivity index (χ0v) is 8.18. The number of phenolic OH excluding ortho intramolecular Hbond substituents is 1. The number of rotatable bonds is 3. The van der Waals surface area contributed by atoms with Gasteiger partial charge in [0.2, 0.25) is 0 Å². The van der Waals surface area contributed by atoms with Crippen LogP contribution in [0.5, 0.6) is 5.75 Å². The van der Waals surface area contributed by atoms with Crippen molar-refractivity contribution < 1.29 is 15.0 Å². The first kappa shape index (κ1) is 9.98. The van der Waals surface area contributed by atoms with Gasteiger partial charge in [-0.15, -0.1) is 0 Å². The molecule has 0 amide bonds. The molecule has 4 N–H and O–H groups in total. The van der Waals surface area contributed by atoms with Crippen LogP contribution in [0.15, 0.2) is 24.3 Å². The van der Waals surface area contributed by atoms with Crippen molar-refractivity contribution in [1.29, 1.82) is 0 Å². The molecule has 0 aromatic heterocycles. The van der Waals surface area contributed by atoms with E-state index in [1.807, 2.05) is 6.07 Å². The Bertz CT molecular complexity index is 405. The van der Waals surface area contributed by atoms with Crippen molar-refractivity contribution >= 4 is 5.97 Å². The monoisotopic (exact) mass is 207 g/mol. The fourth-order valence-corrected chi connectivity index (χ4v) is 2.03. The Morgan fingerprint density at radius 1 is 1.60 bits per heavy atom. The minimum absolute atomic E-state index is 0.0629. The number of carboxylic acid groups (broad SMARTS) is 1. The summed E-state index contributed by atoms with van der Waals surface area (Å²) in [7, 11) is 0. The second-order valence-corrected chi connectivity index (χ2v) is 4.02. The molecule has 1 aliphatic carbocycles. The predicted octanol–water partition coefficient (Wildman–Crippen LogP) is 0.909. The zero-order valence-electron chi connectivity index (χ0n) is 8.18. The van der Waals surface area contributed by atoms with Gasteiger partial charge in [0, 0.05) is 12.5 Å². The molecular formula is C11H13NO3. The van der Waals surface area contributed by atoms with Crippen LogP contribution in [-0.2, 0) is 4.79 Å². The maximum atomic E-state index is 11.0. The normalized spacial score (nSPS) is 28.7. The highest BCUT2D eigenvalue weighted by Gasteiger charge is 2.60. The lowest BCUT2D eigenvalue weighted by Gasteiger charge is -2.09. The molecule has 0 aliphatic heterocycles. The Kier molecular flexibility index (Phi) is 2.16. The molecule has 0 heterocycles. The molecule has 1 aromatic rings. The topological polar surface area (TPSA) is 83.6 Å². The largest absolute Gasteiger partial charge is 0.508 e. The number of aromatic hydroxyl groups is 1. The lowest BCUT2D eigenvalue weighted by molar-refractivity contribution is -0.143. The Hall–Kier alpha value is -1.55. The van der Waals surface area contributed by atoms with Crippen LogP contribution >= 0.6 is 0 Å². The van der Waals surface area contributed by atoms with Gasteiger partial charge in [-0.2, -0.15) is 0 Å². The number of carbonyl (C=O) groups is 1. The molecule has 1 aliphatic rings. The molecule has 2 atom stereocenters. The standard InChI is InChI=1S/C11H13NO3/c12-6-11(10(14)15)5-9(11)7-2-1-3-8(13)4-7/h1-4,9,13H,5-6,12H2,(H,14,15). The Balaban J connectivity index is 2.26. The molecule has 4 heteroatoms. The van der Waals surface area contributed by atoms with Gasteiger partial charge in [0.15, 0.2) is 0 Å². The third kappa shape index (κ3) is 1.47. The summed E-state index contributed by atoms with van der Waals surface area (Å²) in [4.78, 5) is 11.0. The molecule has 2 unspecified atom stereocenters. The summed E-state index contributed by atoms with van der Waals surface area (Å²) >= 11 is 0. The van der Waals surface area contributed by atoms with Crippen molar-refractivity contribution in [1.82, 2.24) is 0 Å². The van der Waals surface area contributed by atoms with E-state index in [1.165, 1.54) is 0 Å². The molecule has 2 rings (SSSR count). The first-order valence-electron chi connectivity index (χ1n) is 4.82. The van der Waals surface area contributed by atoms with E-state index in [0.29, 0.717) is 6.42 Å². The van der Waals surface area contributed by atoms with Crippen LogP contribution in [0.1, 0.15) is 17.9 Å². The summed E-state index contributed by atoms with van der Waals surface area (Å²) in [5.74, 6) is -0.749. The average Bonchev–Trinajstić information content (AvgIpc) is 2.93. The Morgan fingerprint density at radius 3 is 2.80 bits per heavy atom. The minimum atomic E-state index is -0.849. The molecule has 4 nitrogen and oxygen atoms in total. The maximum Gasteiger partial charge on any atom is 0.311 e. The van der Waals surface area contributed by atoms with Crippen molar-refractivity contribution in [3.63, 3.8) is 0 Å². The van der Waals surface area contributed by atoms with E-state index in [4.69, 9.17) is 10.8 Å². The van der Waals surface area contributed by atoms with E-state index in [2.05, 4.69) is 0 Å². The van der Waals surface area contributed by atoms with Gasteiger partial charge in [-0.25, -0.2) is 0 Å². The molecule has 0 spiro atoms. The molecule has 80 valence electrons. The summed E-state index contributed by atoms with van der Waals surface area (Å²) < 4.78 is 0. The fraction of sp³-hybridized carbons (Fsp3) is 0.364. The first-order valence-corrected chi connectivity index (χ1v) is 4.82. The third-order valence-corrected chi connectivity index (χ3v) is 3.14. The Morgan fingerprint density at radius 2 is 2.33 bits per heavy atom. The highest BCUT2D eigenvalue weighted by Crippen LogP contribution is 2.59. The van der Waals surface area contributed by atoms with E-state index in [0.717, 1.165) is 5.56 Å². The Labute approximate surface area is 87.3 Å². The number of phenols is 1. The van der Waals surface area contributed by atoms with Crippen LogP contribution in [0, 0.1) is 5.41 Å². The van der Waals surface area contributed by atoms with Gasteiger partial charge in [-0.3, -0.25) is 4.79 Å². The molecule has 0 bridgehead atoms. The van der Waals surface area contributed by atoms with Crippen LogP contribution in [0.4, 0.5) is 0 Å². The van der Waals surface area contributed by atoms with Crippen molar-refractivity contribution in [3.05, 3.63) is 29.8 Å². The lowest BCUT2D eigenvalue weighted by atomic mass is 9.99. The van der Waals surface area contributed by atoms with E-state index < -0.39 is 11.4 Å². The fourth-order valence-electron chi connectivity index (χ4n) is 2.03. The van der Waals surface area contributed by atoms with Crippen LogP contribution in [0.2, 0.25) is 0 Å². The molecule has 1 aromatic carbocycles. The third-order valence-electron chi connectivity index (χ3n) is 3.14. The van der Waals surface area contributed by atoms with Crippen molar-refractivity contribution in [2.75, 3.05) is 6.54 Å². The number of carboxylic acids is 1.